The third-order valence-corrected chi connectivity index (χ3v) is 6.97. The summed E-state index contributed by atoms with van der Waals surface area (Å²) in [6.07, 6.45) is 1.50. The Morgan fingerprint density at radius 1 is 1.03 bits per heavy atom. The molecule has 0 radical (unpaired) electrons. The molecule has 0 saturated heterocycles. The van der Waals surface area contributed by atoms with E-state index in [1.54, 1.807) is 37.4 Å². The molecule has 170 valence electrons. The van der Waals surface area contributed by atoms with Gasteiger partial charge in [0.25, 0.3) is 5.91 Å². The molecule has 7 nitrogen and oxygen atoms in total. The molecular formula is C22H29BrN2O5S. The molecule has 0 spiro atoms. The van der Waals surface area contributed by atoms with Crippen LogP contribution in [0.1, 0.15) is 37.0 Å². The SMILES string of the molecule is CCCN(CCC)S(=O)(=O)c1ccc(NC(=O)c2ccc(OCCOC)c(Br)c2)cc1. The highest BCUT2D eigenvalue weighted by molar-refractivity contribution is 9.10. The van der Waals surface area contributed by atoms with E-state index in [-0.39, 0.29) is 10.8 Å². The highest BCUT2D eigenvalue weighted by Crippen LogP contribution is 2.26. The largest absolute Gasteiger partial charge is 0.490 e. The molecule has 0 atom stereocenters. The van der Waals surface area contributed by atoms with Crippen molar-refractivity contribution in [2.45, 2.75) is 31.6 Å². The Morgan fingerprint density at radius 2 is 1.68 bits per heavy atom. The first kappa shape index (κ1) is 25.3. The van der Waals surface area contributed by atoms with E-state index in [0.717, 1.165) is 12.8 Å². The molecule has 0 aliphatic carbocycles. The number of methoxy groups -OCH3 is 1. The van der Waals surface area contributed by atoms with Crippen molar-refractivity contribution in [1.82, 2.24) is 4.31 Å². The van der Waals surface area contributed by atoms with E-state index in [4.69, 9.17) is 9.47 Å². The average Bonchev–Trinajstić information content (AvgIpc) is 2.75. The number of halogens is 1. The van der Waals surface area contributed by atoms with Crippen molar-refractivity contribution in [3.05, 3.63) is 52.5 Å². The topological polar surface area (TPSA) is 84.9 Å². The summed E-state index contributed by atoms with van der Waals surface area (Å²) in [5.41, 5.74) is 0.956. The summed E-state index contributed by atoms with van der Waals surface area (Å²) in [5, 5.41) is 2.79. The lowest BCUT2D eigenvalue weighted by atomic mass is 10.2. The van der Waals surface area contributed by atoms with E-state index < -0.39 is 10.0 Å². The summed E-state index contributed by atoms with van der Waals surface area (Å²) in [5.74, 6) is 0.310. The second-order valence-electron chi connectivity index (χ2n) is 6.87. The molecule has 2 rings (SSSR count). The van der Waals surface area contributed by atoms with E-state index in [9.17, 15) is 13.2 Å². The molecule has 0 aromatic heterocycles. The maximum atomic E-state index is 12.8. The second-order valence-corrected chi connectivity index (χ2v) is 9.66. The monoisotopic (exact) mass is 512 g/mol. The van der Waals surface area contributed by atoms with Crippen molar-refractivity contribution in [2.24, 2.45) is 0 Å². The summed E-state index contributed by atoms with van der Waals surface area (Å²) in [7, 11) is -1.95. The van der Waals surface area contributed by atoms with Crippen LogP contribution in [0.3, 0.4) is 0 Å². The second kappa shape index (κ2) is 12.2. The number of hydrogen-bond donors (Lipinski definition) is 1. The number of benzene rings is 2. The highest BCUT2D eigenvalue weighted by Gasteiger charge is 2.23. The molecule has 1 amide bonds. The summed E-state index contributed by atoms with van der Waals surface area (Å²) < 4.78 is 38.4. The van der Waals surface area contributed by atoms with Gasteiger partial charge in [0.05, 0.1) is 16.0 Å². The lowest BCUT2D eigenvalue weighted by molar-refractivity contribution is 0.102. The van der Waals surface area contributed by atoms with E-state index in [1.165, 1.54) is 16.4 Å². The molecule has 31 heavy (non-hydrogen) atoms. The van der Waals surface area contributed by atoms with Crippen molar-refractivity contribution in [3.63, 3.8) is 0 Å². The fraction of sp³-hybridized carbons (Fsp3) is 0.409. The number of nitrogens with one attached hydrogen (secondary N) is 1. The van der Waals surface area contributed by atoms with Crippen LogP contribution in [0.4, 0.5) is 5.69 Å². The maximum Gasteiger partial charge on any atom is 0.255 e. The number of sulfonamides is 1. The Balaban J connectivity index is 2.09. The van der Waals surface area contributed by atoms with Crippen molar-refractivity contribution >= 4 is 37.5 Å². The van der Waals surface area contributed by atoms with E-state index in [0.29, 0.717) is 47.8 Å². The van der Waals surface area contributed by atoms with Crippen molar-refractivity contribution in [2.75, 3.05) is 38.7 Å². The zero-order valence-electron chi connectivity index (χ0n) is 18.1. The summed E-state index contributed by atoms with van der Waals surface area (Å²) >= 11 is 3.41. The Morgan fingerprint density at radius 3 is 2.23 bits per heavy atom. The van der Waals surface area contributed by atoms with Gasteiger partial charge in [0.2, 0.25) is 10.0 Å². The summed E-state index contributed by atoms with van der Waals surface area (Å²) in [6.45, 7) is 5.74. The average molecular weight is 513 g/mol. The van der Waals surface area contributed by atoms with Gasteiger partial charge >= 0.3 is 0 Å². The number of hydrogen-bond acceptors (Lipinski definition) is 5. The number of nitrogens with zero attached hydrogens (tertiary/aromatic N) is 1. The van der Waals surface area contributed by atoms with Crippen molar-refractivity contribution in [3.8, 4) is 5.75 Å². The minimum atomic E-state index is -3.55. The Bertz CT molecular complexity index is 958. The number of amides is 1. The van der Waals surface area contributed by atoms with Crippen LogP contribution in [-0.2, 0) is 14.8 Å². The van der Waals surface area contributed by atoms with Crippen LogP contribution in [0.15, 0.2) is 51.8 Å². The maximum absolute atomic E-state index is 12.8. The van der Waals surface area contributed by atoms with Crippen LogP contribution in [0.25, 0.3) is 0 Å². The molecule has 2 aromatic carbocycles. The fourth-order valence-corrected chi connectivity index (χ4v) is 5.02. The number of carbonyl (C=O) groups is 1. The molecule has 2 aromatic rings. The first-order chi connectivity index (χ1) is 14.8. The first-order valence-electron chi connectivity index (χ1n) is 10.2. The number of carbonyl (C=O) groups excluding carboxylic acids is 1. The van der Waals surface area contributed by atoms with Gasteiger partial charge in [0.1, 0.15) is 12.4 Å². The van der Waals surface area contributed by atoms with Crippen LogP contribution >= 0.6 is 15.9 Å². The standard InChI is InChI=1S/C22H29BrN2O5S/c1-4-12-25(13-5-2)31(27,28)19-9-7-18(8-10-19)24-22(26)17-6-11-21(20(23)16-17)30-15-14-29-3/h6-11,16H,4-5,12-15H2,1-3H3,(H,24,26). The van der Waals surface area contributed by atoms with Gasteiger partial charge in [-0.15, -0.1) is 0 Å². The van der Waals surface area contributed by atoms with Crippen LogP contribution in [0.5, 0.6) is 5.75 Å². The molecular weight excluding hydrogens is 484 g/mol. The fourth-order valence-electron chi connectivity index (χ4n) is 2.91. The zero-order valence-corrected chi connectivity index (χ0v) is 20.5. The Kier molecular flexibility index (Phi) is 9.95. The minimum Gasteiger partial charge on any atom is -0.490 e. The van der Waals surface area contributed by atoms with Gasteiger partial charge < -0.3 is 14.8 Å². The van der Waals surface area contributed by atoms with Crippen LogP contribution < -0.4 is 10.1 Å². The lowest BCUT2D eigenvalue weighted by Crippen LogP contribution is -2.32. The smallest absolute Gasteiger partial charge is 0.255 e. The molecule has 0 saturated carbocycles. The van der Waals surface area contributed by atoms with Gasteiger partial charge in [-0.25, -0.2) is 8.42 Å². The molecule has 1 N–H and O–H groups in total. The predicted octanol–water partition coefficient (Wildman–Crippen LogP) is 4.54. The van der Waals surface area contributed by atoms with Gasteiger partial charge in [-0.05, 0) is 71.2 Å². The van der Waals surface area contributed by atoms with Gasteiger partial charge in [-0.3, -0.25) is 4.79 Å². The third-order valence-electron chi connectivity index (χ3n) is 4.44. The summed E-state index contributed by atoms with van der Waals surface area (Å²) in [6, 6.07) is 11.3. The molecule has 9 heteroatoms. The molecule has 0 aliphatic rings. The summed E-state index contributed by atoms with van der Waals surface area (Å²) in [4.78, 5) is 12.8. The Hall–Kier alpha value is -1.94. The van der Waals surface area contributed by atoms with Gasteiger partial charge in [-0.1, -0.05) is 13.8 Å². The first-order valence-corrected chi connectivity index (χ1v) is 12.4. The number of rotatable bonds is 12. The minimum absolute atomic E-state index is 0.215. The molecule has 0 unspecified atom stereocenters. The number of ether oxygens (including phenoxy) is 2. The zero-order chi connectivity index (χ0) is 22.9. The molecule has 0 bridgehead atoms. The van der Waals surface area contributed by atoms with Crippen molar-refractivity contribution in [1.29, 1.82) is 0 Å². The predicted molar refractivity (Wildman–Crippen MR) is 125 cm³/mol. The van der Waals surface area contributed by atoms with E-state index in [1.807, 2.05) is 13.8 Å². The number of anilines is 1. The van der Waals surface area contributed by atoms with Crippen LogP contribution in [0, 0.1) is 0 Å². The highest BCUT2D eigenvalue weighted by atomic mass is 79.9. The van der Waals surface area contributed by atoms with E-state index >= 15 is 0 Å². The van der Waals surface area contributed by atoms with Crippen LogP contribution in [-0.4, -0.2) is 52.0 Å². The van der Waals surface area contributed by atoms with Crippen LogP contribution in [0.2, 0.25) is 0 Å². The molecule has 0 fully saturated rings. The quantitative estimate of drug-likeness (QED) is 0.422. The van der Waals surface area contributed by atoms with Gasteiger partial charge in [0, 0.05) is 31.5 Å². The normalized spacial score (nSPS) is 11.5. The van der Waals surface area contributed by atoms with Crippen molar-refractivity contribution < 1.29 is 22.7 Å². The lowest BCUT2D eigenvalue weighted by Gasteiger charge is -2.21. The van der Waals surface area contributed by atoms with Gasteiger partial charge in [0.15, 0.2) is 0 Å². The van der Waals surface area contributed by atoms with E-state index in [2.05, 4.69) is 21.2 Å². The van der Waals surface area contributed by atoms with Gasteiger partial charge in [-0.2, -0.15) is 4.31 Å². The molecule has 0 aliphatic heterocycles. The Labute approximate surface area is 192 Å². The molecule has 0 heterocycles. The third kappa shape index (κ3) is 7.03.